The van der Waals surface area contributed by atoms with Gasteiger partial charge >= 0.3 is 5.97 Å². The molecule has 0 fully saturated rings. The van der Waals surface area contributed by atoms with E-state index >= 15 is 0 Å². The van der Waals surface area contributed by atoms with Gasteiger partial charge in [-0.2, -0.15) is 0 Å². The summed E-state index contributed by atoms with van der Waals surface area (Å²) in [6.07, 6.45) is 0.101. The Morgan fingerprint density at radius 3 is 2.47 bits per heavy atom. The zero-order chi connectivity index (χ0) is 14.6. The molecule has 0 saturated heterocycles. The summed E-state index contributed by atoms with van der Waals surface area (Å²) in [7, 11) is 0. The number of carbonyl (C=O) groups is 1. The molecule has 0 aliphatic heterocycles. The summed E-state index contributed by atoms with van der Waals surface area (Å²) in [6.45, 7) is 9.11. The lowest BCUT2D eigenvalue weighted by atomic mass is 10.0. The summed E-state index contributed by atoms with van der Waals surface area (Å²) in [5.74, 6) is -0.544. The number of aryl methyl sites for hydroxylation is 1. The van der Waals surface area contributed by atoms with Gasteiger partial charge in [-0.25, -0.2) is 0 Å². The second kappa shape index (κ2) is 6.06. The van der Waals surface area contributed by atoms with Crippen LogP contribution in [0.1, 0.15) is 38.3 Å². The number of nitrogens with zero attached hydrogens (tertiary/aromatic N) is 1. The Hall–Kier alpha value is -1.55. The molecule has 0 aliphatic carbocycles. The predicted octanol–water partition coefficient (Wildman–Crippen LogP) is 2.78. The second-order valence-electron chi connectivity index (χ2n) is 5.87. The van der Waals surface area contributed by atoms with Crippen LogP contribution in [0.15, 0.2) is 18.2 Å². The molecule has 0 unspecified atom stereocenters. The lowest BCUT2D eigenvalue weighted by molar-refractivity contribution is -0.137. The van der Waals surface area contributed by atoms with E-state index in [4.69, 9.17) is 5.11 Å². The molecule has 4 heteroatoms. The monoisotopic (exact) mass is 265 g/mol. The Morgan fingerprint density at radius 1 is 1.32 bits per heavy atom. The van der Waals surface area contributed by atoms with Crippen LogP contribution in [0, 0.1) is 6.92 Å². The summed E-state index contributed by atoms with van der Waals surface area (Å²) in [4.78, 5) is 12.8. The minimum Gasteiger partial charge on any atom is -0.508 e. The highest BCUT2D eigenvalue weighted by molar-refractivity contribution is 5.66. The maximum Gasteiger partial charge on any atom is 0.304 e. The van der Waals surface area contributed by atoms with E-state index in [0.717, 1.165) is 11.1 Å². The van der Waals surface area contributed by atoms with Gasteiger partial charge in [-0.15, -0.1) is 0 Å². The first-order valence-electron chi connectivity index (χ1n) is 6.45. The number of hydrogen-bond acceptors (Lipinski definition) is 3. The molecule has 1 rings (SSSR count). The highest BCUT2D eigenvalue weighted by Crippen LogP contribution is 2.24. The van der Waals surface area contributed by atoms with Crippen LogP contribution in [0.2, 0.25) is 0 Å². The minimum absolute atomic E-state index is 0.101. The number of phenolic OH excluding ortho intramolecular Hbond substituents is 1. The first-order chi connectivity index (χ1) is 8.70. The van der Waals surface area contributed by atoms with Crippen molar-refractivity contribution in [3.63, 3.8) is 0 Å². The third kappa shape index (κ3) is 4.91. The Morgan fingerprint density at radius 2 is 1.95 bits per heavy atom. The number of aromatic hydroxyl groups is 1. The van der Waals surface area contributed by atoms with Gasteiger partial charge in [0.1, 0.15) is 5.75 Å². The summed E-state index contributed by atoms with van der Waals surface area (Å²) >= 11 is 0. The molecule has 1 aromatic carbocycles. The van der Waals surface area contributed by atoms with Crippen LogP contribution in [0.4, 0.5) is 0 Å². The van der Waals surface area contributed by atoms with Crippen molar-refractivity contribution < 1.29 is 15.0 Å². The number of phenols is 1. The Kier molecular flexibility index (Phi) is 4.95. The zero-order valence-corrected chi connectivity index (χ0v) is 12.1. The normalized spacial score (nSPS) is 11.8. The molecule has 1 aromatic rings. The van der Waals surface area contributed by atoms with Gasteiger partial charge < -0.3 is 10.2 Å². The van der Waals surface area contributed by atoms with Gasteiger partial charge in [0, 0.05) is 24.2 Å². The number of benzene rings is 1. The van der Waals surface area contributed by atoms with E-state index in [-0.39, 0.29) is 17.7 Å². The quantitative estimate of drug-likeness (QED) is 0.859. The van der Waals surface area contributed by atoms with Crippen molar-refractivity contribution >= 4 is 5.97 Å². The molecule has 0 amide bonds. The first kappa shape index (κ1) is 15.5. The van der Waals surface area contributed by atoms with Crippen molar-refractivity contribution in [3.8, 4) is 5.75 Å². The second-order valence-corrected chi connectivity index (χ2v) is 5.87. The molecule has 0 atom stereocenters. The molecule has 0 bridgehead atoms. The van der Waals surface area contributed by atoms with Crippen molar-refractivity contribution in [1.29, 1.82) is 0 Å². The van der Waals surface area contributed by atoms with Crippen LogP contribution >= 0.6 is 0 Å². The summed E-state index contributed by atoms with van der Waals surface area (Å²) in [5, 5.41) is 18.7. The SMILES string of the molecule is Cc1ccc(O)c(CN(CCC(=O)O)C(C)(C)C)c1. The van der Waals surface area contributed by atoms with E-state index in [1.807, 2.05) is 39.8 Å². The molecule has 0 aliphatic rings. The maximum atomic E-state index is 10.7. The van der Waals surface area contributed by atoms with Crippen LogP contribution in [0.3, 0.4) is 0 Å². The standard InChI is InChI=1S/C15H23NO3/c1-11-5-6-13(17)12(9-11)10-16(15(2,3)4)8-7-14(18)19/h5-6,9,17H,7-8,10H2,1-4H3,(H,18,19). The largest absolute Gasteiger partial charge is 0.508 e. The highest BCUT2D eigenvalue weighted by Gasteiger charge is 2.22. The van der Waals surface area contributed by atoms with Gasteiger partial charge in [-0.05, 0) is 33.8 Å². The number of carboxylic acids is 1. The van der Waals surface area contributed by atoms with Gasteiger partial charge in [0.05, 0.1) is 6.42 Å². The number of rotatable bonds is 5. The number of carboxylic acid groups (broad SMARTS) is 1. The average molecular weight is 265 g/mol. The van der Waals surface area contributed by atoms with Gasteiger partial charge in [-0.3, -0.25) is 9.69 Å². The molecule has 0 saturated carbocycles. The average Bonchev–Trinajstić information content (AvgIpc) is 2.26. The number of aliphatic carboxylic acids is 1. The molecule has 4 nitrogen and oxygen atoms in total. The van der Waals surface area contributed by atoms with Crippen molar-refractivity contribution in [2.75, 3.05) is 6.54 Å². The van der Waals surface area contributed by atoms with Crippen LogP contribution in [0.25, 0.3) is 0 Å². The lowest BCUT2D eigenvalue weighted by Crippen LogP contribution is -2.42. The van der Waals surface area contributed by atoms with Crippen LogP contribution < -0.4 is 0 Å². The molecule has 2 N–H and O–H groups in total. The Balaban J connectivity index is 2.88. The molecule has 0 spiro atoms. The van der Waals surface area contributed by atoms with Gasteiger partial charge in [-0.1, -0.05) is 17.7 Å². The molecule has 106 valence electrons. The Labute approximate surface area is 114 Å². The van der Waals surface area contributed by atoms with Crippen molar-refractivity contribution in [3.05, 3.63) is 29.3 Å². The molecule has 0 heterocycles. The van der Waals surface area contributed by atoms with E-state index in [1.54, 1.807) is 6.07 Å². The lowest BCUT2D eigenvalue weighted by Gasteiger charge is -2.35. The minimum atomic E-state index is -0.803. The molecular formula is C15H23NO3. The third-order valence-corrected chi connectivity index (χ3v) is 3.14. The van der Waals surface area contributed by atoms with E-state index in [2.05, 4.69) is 4.90 Å². The smallest absolute Gasteiger partial charge is 0.304 e. The first-order valence-corrected chi connectivity index (χ1v) is 6.45. The fourth-order valence-electron chi connectivity index (χ4n) is 1.93. The predicted molar refractivity (Wildman–Crippen MR) is 75.3 cm³/mol. The van der Waals surface area contributed by atoms with Gasteiger partial charge in [0.2, 0.25) is 0 Å². The van der Waals surface area contributed by atoms with Crippen LogP contribution in [0.5, 0.6) is 5.75 Å². The summed E-state index contributed by atoms with van der Waals surface area (Å²) in [5.41, 5.74) is 1.77. The number of hydrogen-bond donors (Lipinski definition) is 2. The summed E-state index contributed by atoms with van der Waals surface area (Å²) < 4.78 is 0. The van der Waals surface area contributed by atoms with Crippen LogP contribution in [-0.4, -0.2) is 33.2 Å². The molecule has 19 heavy (non-hydrogen) atoms. The van der Waals surface area contributed by atoms with Gasteiger partial charge in [0.15, 0.2) is 0 Å². The summed E-state index contributed by atoms with van der Waals surface area (Å²) in [6, 6.07) is 5.48. The van der Waals surface area contributed by atoms with E-state index in [1.165, 1.54) is 0 Å². The molecule has 0 aromatic heterocycles. The van der Waals surface area contributed by atoms with E-state index in [9.17, 15) is 9.90 Å². The van der Waals surface area contributed by atoms with Gasteiger partial charge in [0.25, 0.3) is 0 Å². The maximum absolute atomic E-state index is 10.7. The van der Waals surface area contributed by atoms with Crippen molar-refractivity contribution in [2.24, 2.45) is 0 Å². The molecule has 0 radical (unpaired) electrons. The zero-order valence-electron chi connectivity index (χ0n) is 12.1. The molecular weight excluding hydrogens is 242 g/mol. The third-order valence-electron chi connectivity index (χ3n) is 3.14. The highest BCUT2D eigenvalue weighted by atomic mass is 16.4. The topological polar surface area (TPSA) is 60.8 Å². The van der Waals surface area contributed by atoms with Crippen LogP contribution in [-0.2, 0) is 11.3 Å². The fraction of sp³-hybridized carbons (Fsp3) is 0.533. The van der Waals surface area contributed by atoms with Crippen molar-refractivity contribution in [2.45, 2.75) is 46.2 Å². The van der Waals surface area contributed by atoms with Crippen molar-refractivity contribution in [1.82, 2.24) is 4.90 Å². The Bertz CT molecular complexity index is 449. The van der Waals surface area contributed by atoms with E-state index in [0.29, 0.717) is 13.1 Å². The van der Waals surface area contributed by atoms with E-state index < -0.39 is 5.97 Å². The fourth-order valence-corrected chi connectivity index (χ4v) is 1.93.